The Balaban J connectivity index is 2.22. The molecule has 0 heterocycles. The molecular formula is C8H14N2O3. The number of carbonyl (C=O) groups is 2. The zero-order valence-electron chi connectivity index (χ0n) is 7.38. The molecule has 1 aliphatic rings. The van der Waals surface area contributed by atoms with E-state index in [1.165, 1.54) is 0 Å². The minimum absolute atomic E-state index is 0.0353. The van der Waals surface area contributed by atoms with Crippen molar-refractivity contribution in [3.63, 3.8) is 0 Å². The Bertz CT molecular complexity index is 223. The molecule has 0 unspecified atom stereocenters. The van der Waals surface area contributed by atoms with Gasteiger partial charge in [-0.1, -0.05) is 0 Å². The number of amides is 1. The van der Waals surface area contributed by atoms with Crippen molar-refractivity contribution in [1.82, 2.24) is 5.32 Å². The largest absolute Gasteiger partial charge is 0.481 e. The molecule has 0 bridgehead atoms. The number of aliphatic carboxylic acids is 1. The third-order valence-electron chi connectivity index (χ3n) is 2.35. The Hall–Kier alpha value is -1.10. The van der Waals surface area contributed by atoms with Crippen LogP contribution in [0.3, 0.4) is 0 Å². The molecule has 1 amide bonds. The van der Waals surface area contributed by atoms with Crippen molar-refractivity contribution >= 4 is 11.9 Å². The van der Waals surface area contributed by atoms with Gasteiger partial charge in [0, 0.05) is 13.1 Å². The second-order valence-electron chi connectivity index (χ2n) is 3.38. The molecular weight excluding hydrogens is 172 g/mol. The maximum absolute atomic E-state index is 11.4. The van der Waals surface area contributed by atoms with E-state index in [9.17, 15) is 9.59 Å². The molecule has 4 N–H and O–H groups in total. The van der Waals surface area contributed by atoms with E-state index in [0.29, 0.717) is 6.54 Å². The van der Waals surface area contributed by atoms with Crippen LogP contribution < -0.4 is 11.1 Å². The smallest absolute Gasteiger partial charge is 0.305 e. The van der Waals surface area contributed by atoms with Gasteiger partial charge in [-0.3, -0.25) is 9.59 Å². The first-order chi connectivity index (χ1) is 6.10. The molecule has 0 aliphatic heterocycles. The van der Waals surface area contributed by atoms with Crippen molar-refractivity contribution in [1.29, 1.82) is 0 Å². The van der Waals surface area contributed by atoms with Crippen LogP contribution in [-0.2, 0) is 9.59 Å². The first-order valence-electron chi connectivity index (χ1n) is 4.31. The topological polar surface area (TPSA) is 92.4 Å². The van der Waals surface area contributed by atoms with Crippen LogP contribution in [0.25, 0.3) is 0 Å². The summed E-state index contributed by atoms with van der Waals surface area (Å²) >= 11 is 0. The SMILES string of the molecule is NCC1(C(=O)NCCC(=O)O)CC1. The van der Waals surface area contributed by atoms with Gasteiger partial charge in [-0.2, -0.15) is 0 Å². The predicted molar refractivity (Wildman–Crippen MR) is 46.0 cm³/mol. The molecule has 5 nitrogen and oxygen atoms in total. The molecule has 0 spiro atoms. The van der Waals surface area contributed by atoms with Gasteiger partial charge < -0.3 is 16.2 Å². The third kappa shape index (κ3) is 2.42. The van der Waals surface area contributed by atoms with Crippen LogP contribution in [0.5, 0.6) is 0 Å². The number of hydrogen-bond acceptors (Lipinski definition) is 3. The summed E-state index contributed by atoms with van der Waals surface area (Å²) < 4.78 is 0. The zero-order valence-corrected chi connectivity index (χ0v) is 7.38. The summed E-state index contributed by atoms with van der Waals surface area (Å²) in [6.45, 7) is 0.543. The van der Waals surface area contributed by atoms with E-state index in [1.54, 1.807) is 0 Å². The second kappa shape index (κ2) is 3.74. The number of carboxylic acids is 1. The first kappa shape index (κ1) is 9.98. The standard InChI is InChI=1S/C8H14N2O3/c9-5-8(2-3-8)7(13)10-4-1-6(11)12/h1-5,9H2,(H,10,13)(H,11,12). The van der Waals surface area contributed by atoms with Gasteiger partial charge in [-0.15, -0.1) is 0 Å². The summed E-state index contributed by atoms with van der Waals surface area (Å²) in [7, 11) is 0. The van der Waals surface area contributed by atoms with Crippen LogP contribution in [0.15, 0.2) is 0 Å². The normalized spacial score (nSPS) is 17.9. The number of nitrogens with one attached hydrogen (secondary N) is 1. The third-order valence-corrected chi connectivity index (χ3v) is 2.35. The van der Waals surface area contributed by atoms with Crippen molar-refractivity contribution < 1.29 is 14.7 Å². The Labute approximate surface area is 76.3 Å². The summed E-state index contributed by atoms with van der Waals surface area (Å²) in [4.78, 5) is 21.5. The predicted octanol–water partition coefficient (Wildman–Crippen LogP) is -0.684. The van der Waals surface area contributed by atoms with Crippen LogP contribution in [-0.4, -0.2) is 30.1 Å². The minimum atomic E-state index is -0.905. The van der Waals surface area contributed by atoms with Gasteiger partial charge in [-0.25, -0.2) is 0 Å². The van der Waals surface area contributed by atoms with Crippen LogP contribution in [0.1, 0.15) is 19.3 Å². The average molecular weight is 186 g/mol. The summed E-state index contributed by atoms with van der Waals surface area (Å²) in [6, 6.07) is 0. The summed E-state index contributed by atoms with van der Waals surface area (Å²) in [5.41, 5.74) is 5.05. The summed E-state index contributed by atoms with van der Waals surface area (Å²) in [5.74, 6) is -1.01. The molecule has 0 aromatic rings. The molecule has 1 fully saturated rings. The molecule has 0 aromatic heterocycles. The van der Waals surface area contributed by atoms with Crippen molar-refractivity contribution in [2.75, 3.05) is 13.1 Å². The molecule has 0 aromatic carbocycles. The lowest BCUT2D eigenvalue weighted by molar-refractivity contribution is -0.137. The molecule has 0 radical (unpaired) electrons. The maximum Gasteiger partial charge on any atom is 0.305 e. The molecule has 5 heteroatoms. The lowest BCUT2D eigenvalue weighted by Crippen LogP contribution is -2.37. The van der Waals surface area contributed by atoms with Crippen molar-refractivity contribution in [2.45, 2.75) is 19.3 Å². The Morgan fingerprint density at radius 2 is 2.08 bits per heavy atom. The highest BCUT2D eigenvalue weighted by atomic mass is 16.4. The Morgan fingerprint density at radius 1 is 1.46 bits per heavy atom. The van der Waals surface area contributed by atoms with Gasteiger partial charge in [0.25, 0.3) is 0 Å². The highest BCUT2D eigenvalue weighted by molar-refractivity contribution is 5.85. The van der Waals surface area contributed by atoms with Crippen molar-refractivity contribution in [3.05, 3.63) is 0 Å². The van der Waals surface area contributed by atoms with E-state index in [2.05, 4.69) is 5.32 Å². The number of rotatable bonds is 5. The minimum Gasteiger partial charge on any atom is -0.481 e. The number of carboxylic acid groups (broad SMARTS) is 1. The van der Waals surface area contributed by atoms with Gasteiger partial charge in [0.15, 0.2) is 0 Å². The summed E-state index contributed by atoms with van der Waals surface area (Å²) in [5, 5.41) is 10.9. The highest BCUT2D eigenvalue weighted by Crippen LogP contribution is 2.44. The fourth-order valence-corrected chi connectivity index (χ4v) is 1.15. The van der Waals surface area contributed by atoms with Gasteiger partial charge in [0.05, 0.1) is 11.8 Å². The van der Waals surface area contributed by atoms with Crippen LogP contribution >= 0.6 is 0 Å². The second-order valence-corrected chi connectivity index (χ2v) is 3.38. The Kier molecular flexibility index (Phi) is 2.87. The molecule has 0 saturated heterocycles. The number of hydrogen-bond donors (Lipinski definition) is 3. The van der Waals surface area contributed by atoms with E-state index >= 15 is 0 Å². The van der Waals surface area contributed by atoms with E-state index in [1.807, 2.05) is 0 Å². The molecule has 1 aliphatic carbocycles. The average Bonchev–Trinajstić information content (AvgIpc) is 2.83. The van der Waals surface area contributed by atoms with Gasteiger partial charge >= 0.3 is 5.97 Å². The first-order valence-corrected chi connectivity index (χ1v) is 4.31. The van der Waals surface area contributed by atoms with Crippen LogP contribution in [0.2, 0.25) is 0 Å². The highest BCUT2D eigenvalue weighted by Gasteiger charge is 2.48. The van der Waals surface area contributed by atoms with E-state index in [4.69, 9.17) is 10.8 Å². The molecule has 0 atom stereocenters. The molecule has 13 heavy (non-hydrogen) atoms. The van der Waals surface area contributed by atoms with Crippen molar-refractivity contribution in [3.8, 4) is 0 Å². The van der Waals surface area contributed by atoms with Crippen LogP contribution in [0.4, 0.5) is 0 Å². The molecule has 1 rings (SSSR count). The monoisotopic (exact) mass is 186 g/mol. The zero-order chi connectivity index (χ0) is 9.90. The maximum atomic E-state index is 11.4. The molecule has 1 saturated carbocycles. The quantitative estimate of drug-likeness (QED) is 0.530. The Morgan fingerprint density at radius 3 is 2.46 bits per heavy atom. The summed E-state index contributed by atoms with van der Waals surface area (Å²) in [6.07, 6.45) is 1.61. The lowest BCUT2D eigenvalue weighted by Gasteiger charge is -2.11. The van der Waals surface area contributed by atoms with E-state index in [0.717, 1.165) is 12.8 Å². The van der Waals surface area contributed by atoms with E-state index in [-0.39, 0.29) is 24.3 Å². The fraction of sp³-hybridized carbons (Fsp3) is 0.750. The molecule has 74 valence electrons. The van der Waals surface area contributed by atoms with Gasteiger partial charge in [0.2, 0.25) is 5.91 Å². The van der Waals surface area contributed by atoms with Gasteiger partial charge in [0.1, 0.15) is 0 Å². The van der Waals surface area contributed by atoms with Crippen LogP contribution in [0, 0.1) is 5.41 Å². The number of carbonyl (C=O) groups excluding carboxylic acids is 1. The van der Waals surface area contributed by atoms with Gasteiger partial charge in [-0.05, 0) is 12.8 Å². The lowest BCUT2D eigenvalue weighted by atomic mass is 10.1. The fourth-order valence-electron chi connectivity index (χ4n) is 1.15. The van der Waals surface area contributed by atoms with E-state index < -0.39 is 5.97 Å². The van der Waals surface area contributed by atoms with Crippen molar-refractivity contribution in [2.24, 2.45) is 11.1 Å². The number of nitrogens with two attached hydrogens (primary N) is 1.